The number of aromatic nitrogens is 4. The molecule has 0 saturated carbocycles. The van der Waals surface area contributed by atoms with Gasteiger partial charge in [-0.3, -0.25) is 98.1 Å². The second kappa shape index (κ2) is 50.9. The Morgan fingerprint density at radius 1 is 0.726 bits per heavy atom. The summed E-state index contributed by atoms with van der Waals surface area (Å²) in [6.45, 7) is 2.11. The fraction of sp³-hybridized carbons (Fsp3) is 0.267. The van der Waals surface area contributed by atoms with Gasteiger partial charge in [0.15, 0.2) is 29.7 Å². The Morgan fingerprint density at radius 3 is 1.23 bits per heavy atom. The maximum atomic E-state index is 10.9. The number of alkyl halides is 1. The van der Waals surface area contributed by atoms with Crippen molar-refractivity contribution in [3.05, 3.63) is 111 Å². The number of hydrogen-bond acceptors (Lipinski definition) is 17. The van der Waals surface area contributed by atoms with Crippen LogP contribution in [-0.2, 0) is 69.4 Å². The van der Waals surface area contributed by atoms with E-state index in [9.17, 15) is 47.2 Å². The molecule has 4 aromatic heterocycles. The number of halogens is 7. The minimum absolute atomic E-state index is 0. The van der Waals surface area contributed by atoms with Crippen LogP contribution < -0.4 is 35.3 Å². The first kappa shape index (κ1) is 84.0. The van der Waals surface area contributed by atoms with Crippen LogP contribution in [0.4, 0.5) is 22.7 Å². The first-order chi connectivity index (χ1) is 26.4. The molecule has 18 nitrogen and oxygen atoms in total. The first-order valence-corrected chi connectivity index (χ1v) is 27.3. The van der Waals surface area contributed by atoms with Gasteiger partial charge in [-0.15, -0.1) is 11.7 Å². The number of anilines is 1. The molecule has 0 amide bonds. The van der Waals surface area contributed by atoms with Crippen LogP contribution in [-0.4, -0.2) is 81.0 Å². The molecule has 0 fully saturated rings. The predicted octanol–water partition coefficient (Wildman–Crippen LogP) is 8.41. The van der Waals surface area contributed by atoms with Crippen LogP contribution in [0.3, 0.4) is 0 Å². The van der Waals surface area contributed by atoms with E-state index in [2.05, 4.69) is 175 Å². The van der Waals surface area contributed by atoms with E-state index in [0.717, 1.165) is 42.1 Å². The third kappa shape index (κ3) is 49.9. The number of nitrogens with two attached hydrogens (primary N) is 1. The summed E-state index contributed by atoms with van der Waals surface area (Å²) in [7, 11) is -6.57. The van der Waals surface area contributed by atoms with Crippen LogP contribution in [0.15, 0.2) is 88.4 Å². The van der Waals surface area contributed by atoms with Crippen molar-refractivity contribution in [1.82, 2.24) is 19.9 Å². The van der Waals surface area contributed by atoms with Crippen molar-refractivity contribution in [3.63, 3.8) is 0 Å². The van der Waals surface area contributed by atoms with E-state index >= 15 is 0 Å². The average molecular weight is 1720 g/mol. The topological polar surface area (TPSA) is 275 Å². The van der Waals surface area contributed by atoms with Gasteiger partial charge in [0, 0.05) is 67.8 Å². The summed E-state index contributed by atoms with van der Waals surface area (Å²) in [6, 6.07) is 10.8. The van der Waals surface area contributed by atoms with Crippen LogP contribution in [0.5, 0.6) is 0 Å². The Hall–Kier alpha value is 2.04. The molecule has 346 valence electrons. The van der Waals surface area contributed by atoms with Crippen molar-refractivity contribution >= 4 is 214 Å². The standard InChI is InChI=1S/C6H6N2O4S.C6H8N2O2S.C6H6N2O2S.C5H3ClN2O2.C2H5I.CI3.CHI2.CH4S.2CH4.Na.2V/c1-13(11,12)6-3-2-5(4-7-6)8(9)10;1-11(9,10)6-3-2-5(7)4-8-6;1-11-6-3-2-5(4-7-6)8(9)10;6-5-2-1-4(3-7-5)8(9)10;1-2-3;2-1(3)4;2-1-3;1-2;;;;;/h2-4H,1H3;2-4H,7H2,1H3;2-4H,1H3;1-3H;2H2,1H3;;1H;2H,1H3;2*1H4;;;/q;;;;;2*-1;;;;+1;;/p-1. The van der Waals surface area contributed by atoms with Crippen molar-refractivity contribution in [2.24, 2.45) is 0 Å². The van der Waals surface area contributed by atoms with Crippen molar-refractivity contribution in [2.75, 3.05) is 35.2 Å². The molecule has 32 heteroatoms. The molecule has 2 N–H and O–H groups in total. The quantitative estimate of drug-likeness (QED) is 0.0218. The van der Waals surface area contributed by atoms with E-state index in [1.807, 2.05) is 8.69 Å². The number of rotatable bonds is 6. The van der Waals surface area contributed by atoms with E-state index in [-0.39, 0.29) is 114 Å². The SMILES string of the molecule is C.C.CCI.CS(=O)(=O)c1ccc(N)cn1.CS(=O)(=O)c1ccc([N+](=O)[O-])cn1.CSc1ccc([N+](=O)[O-])cn1.C[S-].I[C-](I)I.I[CH-]I.O=[N+]([O-])c1ccc(Cl)nc1.[Na+].[V].[V]. The van der Waals surface area contributed by atoms with Crippen molar-refractivity contribution in [2.45, 2.75) is 36.9 Å². The van der Waals surface area contributed by atoms with Gasteiger partial charge in [0.2, 0.25) is 0 Å². The maximum Gasteiger partial charge on any atom is 1.00 e. The van der Waals surface area contributed by atoms with Crippen LogP contribution in [0.2, 0.25) is 5.15 Å². The maximum absolute atomic E-state index is 10.9. The summed E-state index contributed by atoms with van der Waals surface area (Å²) >= 11 is 24.2. The molecule has 2 radical (unpaired) electrons. The predicted molar refractivity (Wildman–Crippen MR) is 293 cm³/mol. The molecule has 0 bridgehead atoms. The summed E-state index contributed by atoms with van der Waals surface area (Å²) < 4.78 is 47.9. The van der Waals surface area contributed by atoms with E-state index in [1.165, 1.54) is 58.9 Å². The van der Waals surface area contributed by atoms with Crippen LogP contribution in [0.25, 0.3) is 0 Å². The van der Waals surface area contributed by atoms with Gasteiger partial charge < -0.3 is 63.5 Å². The molecule has 62 heavy (non-hydrogen) atoms. The number of hydrogen-bond donors (Lipinski definition) is 1. The van der Waals surface area contributed by atoms with Crippen molar-refractivity contribution < 1.29 is 98.3 Å². The smallest absolute Gasteiger partial charge is 0.796 e. The number of nitro groups is 3. The van der Waals surface area contributed by atoms with Crippen LogP contribution >= 0.6 is 159 Å². The molecule has 0 aliphatic rings. The molecule has 0 unspecified atom stereocenters. The number of nitrogen functional groups attached to an aromatic ring is 1. The summed E-state index contributed by atoms with van der Waals surface area (Å²) in [5.41, 5.74) is 5.52. The average Bonchev–Trinajstić information content (AvgIpc) is 3.13. The molecule has 0 aliphatic carbocycles. The number of nitrogens with zero attached hydrogens (tertiary/aromatic N) is 7. The molecule has 4 rings (SSSR count). The van der Waals surface area contributed by atoms with E-state index < -0.39 is 34.4 Å². The summed E-state index contributed by atoms with van der Waals surface area (Å²) in [6.07, 6.45) is 10.1. The van der Waals surface area contributed by atoms with Gasteiger partial charge in [0.05, 0.1) is 31.7 Å². The second-order valence-corrected chi connectivity index (χ2v) is 28.3. The van der Waals surface area contributed by atoms with Gasteiger partial charge in [0.25, 0.3) is 17.1 Å². The van der Waals surface area contributed by atoms with Gasteiger partial charge in [-0.25, -0.2) is 39.2 Å². The molecular weight excluding hydrogens is 1680 g/mol. The zero-order valence-corrected chi connectivity index (χ0v) is 53.4. The van der Waals surface area contributed by atoms with Gasteiger partial charge in [-0.2, -0.15) is 6.26 Å². The van der Waals surface area contributed by atoms with Gasteiger partial charge >= 0.3 is 29.6 Å². The third-order valence-corrected chi connectivity index (χ3v) is 7.40. The summed E-state index contributed by atoms with van der Waals surface area (Å²) in [5, 5.41) is 31.3. The zero-order chi connectivity index (χ0) is 45.4. The normalized spacial score (nSPS) is 8.81. The fourth-order valence-electron chi connectivity index (χ4n) is 2.39. The first-order valence-electron chi connectivity index (χ1n) is 13.9. The van der Waals surface area contributed by atoms with Crippen molar-refractivity contribution in [1.29, 1.82) is 0 Å². The molecule has 0 aromatic carbocycles. The Labute approximate surface area is 506 Å². The molecule has 0 atom stereocenters. The Bertz CT molecular complexity index is 1950. The third-order valence-electron chi connectivity index (χ3n) is 4.51. The molecule has 0 spiro atoms. The molecule has 4 heterocycles. The Balaban J connectivity index is -0.0000000776. The number of sulfone groups is 2. The minimum Gasteiger partial charge on any atom is -0.796 e. The van der Waals surface area contributed by atoms with E-state index in [0.29, 0.717) is 5.69 Å². The minimum atomic E-state index is -3.38. The molecule has 0 saturated heterocycles. The monoisotopic (exact) mass is 1720 g/mol. The summed E-state index contributed by atoms with van der Waals surface area (Å²) in [5.74, 6) is 0. The fourth-order valence-corrected chi connectivity index (χ4v) is 3.98. The van der Waals surface area contributed by atoms with E-state index in [1.54, 1.807) is 12.3 Å². The van der Waals surface area contributed by atoms with Gasteiger partial charge in [-0.05, 0) is 41.0 Å². The van der Waals surface area contributed by atoms with Crippen LogP contribution in [0, 0.1) is 32.7 Å². The Morgan fingerprint density at radius 2 is 1.02 bits per heavy atom. The largest absolute Gasteiger partial charge is 1.00 e. The van der Waals surface area contributed by atoms with Gasteiger partial charge in [-0.1, -0.05) is 56.0 Å². The molecular formula is C30H40ClI6N8NaO10S4V2-2. The van der Waals surface area contributed by atoms with E-state index in [4.69, 9.17) is 17.3 Å². The van der Waals surface area contributed by atoms with Gasteiger partial charge in [0.1, 0.15) is 23.7 Å². The number of thioether (sulfide) groups is 1. The molecule has 0 aliphatic heterocycles. The zero-order valence-electron chi connectivity index (χ0n) is 31.7. The molecule has 4 aromatic rings. The summed E-state index contributed by atoms with van der Waals surface area (Å²) in [4.78, 5) is 43.2. The van der Waals surface area contributed by atoms with Crippen molar-refractivity contribution in [3.8, 4) is 0 Å². The number of pyridine rings is 4. The van der Waals surface area contributed by atoms with Crippen LogP contribution in [0.1, 0.15) is 21.8 Å². The Kier molecular flexibility index (Phi) is 69.0. The second-order valence-electron chi connectivity index (χ2n) is 8.56.